The molecule has 2 heterocycles. The van der Waals surface area contributed by atoms with E-state index in [2.05, 4.69) is 25.3 Å². The molecule has 11 nitrogen and oxygen atoms in total. The van der Waals surface area contributed by atoms with Crippen molar-refractivity contribution < 1.29 is 26.4 Å². The van der Waals surface area contributed by atoms with Crippen molar-refractivity contribution in [2.24, 2.45) is 5.92 Å². The summed E-state index contributed by atoms with van der Waals surface area (Å²) < 4.78 is 48.7. The summed E-state index contributed by atoms with van der Waals surface area (Å²) in [5.74, 6) is -0.0948. The Kier molecular flexibility index (Phi) is 7.27. The number of urea groups is 1. The number of nitrogens with one attached hydrogen (secondary N) is 3. The van der Waals surface area contributed by atoms with Crippen molar-refractivity contribution in [1.82, 2.24) is 14.7 Å². The Bertz CT molecular complexity index is 1230. The maximum Gasteiger partial charge on any atom is 0.325 e. The first-order chi connectivity index (χ1) is 14.9. The number of pyridine rings is 1. The minimum atomic E-state index is -3.69. The van der Waals surface area contributed by atoms with Gasteiger partial charge in [-0.3, -0.25) is 15.1 Å². The van der Waals surface area contributed by atoms with Crippen molar-refractivity contribution in [2.45, 2.75) is 36.4 Å². The molecule has 3 N–H and O–H groups in total. The summed E-state index contributed by atoms with van der Waals surface area (Å²) >= 11 is 0.708. The van der Waals surface area contributed by atoms with Crippen molar-refractivity contribution in [1.29, 1.82) is 0 Å². The van der Waals surface area contributed by atoms with Gasteiger partial charge in [-0.25, -0.2) is 31.3 Å². The third kappa shape index (κ3) is 6.54. The van der Waals surface area contributed by atoms with Gasteiger partial charge in [0.15, 0.2) is 20.8 Å². The second kappa shape index (κ2) is 9.60. The molecule has 0 atom stereocenters. The van der Waals surface area contributed by atoms with Gasteiger partial charge in [-0.1, -0.05) is 24.2 Å². The molecule has 3 rings (SSSR count). The van der Waals surface area contributed by atoms with E-state index in [1.54, 1.807) is 0 Å². The zero-order chi connectivity index (χ0) is 23.5. The highest BCUT2D eigenvalue weighted by Crippen LogP contribution is 2.29. The quantitative estimate of drug-likeness (QED) is 0.462. The molecule has 14 heteroatoms. The molecular formula is C18H23N5O6S3. The van der Waals surface area contributed by atoms with E-state index in [-0.39, 0.29) is 39.0 Å². The Labute approximate surface area is 190 Å². The van der Waals surface area contributed by atoms with Gasteiger partial charge in [0.2, 0.25) is 10.0 Å². The van der Waals surface area contributed by atoms with Gasteiger partial charge in [0.25, 0.3) is 0 Å². The van der Waals surface area contributed by atoms with E-state index in [1.807, 2.05) is 0 Å². The number of carbonyl (C=O) groups excluding carboxylic acids is 2. The Morgan fingerprint density at radius 3 is 2.44 bits per heavy atom. The van der Waals surface area contributed by atoms with Gasteiger partial charge in [-0.15, -0.1) is 0 Å². The van der Waals surface area contributed by atoms with Gasteiger partial charge in [0.05, 0.1) is 18.5 Å². The maximum atomic E-state index is 12.5. The van der Waals surface area contributed by atoms with Crippen LogP contribution in [0, 0.1) is 5.92 Å². The fraction of sp³-hybridized carbons (Fsp3) is 0.444. The Morgan fingerprint density at radius 2 is 1.81 bits per heavy atom. The number of hydrogen-bond donors (Lipinski definition) is 3. The largest absolute Gasteiger partial charge is 0.325 e. The van der Waals surface area contributed by atoms with Crippen molar-refractivity contribution in [3.63, 3.8) is 0 Å². The highest BCUT2D eigenvalue weighted by molar-refractivity contribution is 7.93. The lowest BCUT2D eigenvalue weighted by atomic mass is 9.99. The number of aromatic nitrogens is 2. The highest BCUT2D eigenvalue weighted by Gasteiger charge is 2.25. The van der Waals surface area contributed by atoms with Crippen molar-refractivity contribution in [2.75, 3.05) is 23.1 Å². The molecule has 2 aromatic heterocycles. The highest BCUT2D eigenvalue weighted by atomic mass is 32.2. The topological polar surface area (TPSA) is 164 Å². The molecule has 0 aromatic carbocycles. The number of ketones is 1. The molecule has 1 aliphatic carbocycles. The number of sulfonamides is 1. The fourth-order valence-electron chi connectivity index (χ4n) is 3.29. The van der Waals surface area contributed by atoms with Gasteiger partial charge in [-0.2, -0.15) is 0 Å². The average molecular weight is 502 g/mol. The van der Waals surface area contributed by atoms with Crippen LogP contribution in [0.2, 0.25) is 0 Å². The Hall–Kier alpha value is -2.42. The zero-order valence-corrected chi connectivity index (χ0v) is 19.9. The number of Topliss-reactive ketones (excluding diaryl/α,β-unsaturated/α-hetero) is 1. The number of carbonyl (C=O) groups is 2. The smallest absolute Gasteiger partial charge is 0.308 e. The predicted molar refractivity (Wildman–Crippen MR) is 120 cm³/mol. The first-order valence-electron chi connectivity index (χ1n) is 9.65. The zero-order valence-electron chi connectivity index (χ0n) is 17.4. The van der Waals surface area contributed by atoms with Crippen LogP contribution in [0.3, 0.4) is 0 Å². The monoisotopic (exact) mass is 501 g/mol. The third-order valence-electron chi connectivity index (χ3n) is 4.72. The molecule has 1 fully saturated rings. The van der Waals surface area contributed by atoms with E-state index in [0.717, 1.165) is 38.2 Å². The lowest BCUT2D eigenvalue weighted by Crippen LogP contribution is -2.22. The number of rotatable bonds is 8. The molecule has 1 aliphatic rings. The van der Waals surface area contributed by atoms with Crippen molar-refractivity contribution in [3.8, 4) is 0 Å². The molecule has 32 heavy (non-hydrogen) atoms. The van der Waals surface area contributed by atoms with Crippen LogP contribution >= 0.6 is 11.3 Å². The van der Waals surface area contributed by atoms with E-state index in [4.69, 9.17) is 0 Å². The SMILES string of the molecule is CS(=O)(=O)NCc1nc(NC(=O)Nc2ccnc(C(=O)C3CCCC3)c2)sc1S(C)(=O)=O. The molecule has 0 bridgehead atoms. The maximum absolute atomic E-state index is 12.5. The van der Waals surface area contributed by atoms with Crippen LogP contribution in [0.15, 0.2) is 22.5 Å². The summed E-state index contributed by atoms with van der Waals surface area (Å²) in [4.78, 5) is 33.1. The number of sulfone groups is 1. The fourth-order valence-corrected chi connectivity index (χ4v) is 5.79. The second-order valence-corrected chi connectivity index (χ2v) is 12.5. The Morgan fingerprint density at radius 1 is 1.12 bits per heavy atom. The summed E-state index contributed by atoms with van der Waals surface area (Å²) in [7, 11) is -7.26. The molecule has 0 unspecified atom stereocenters. The van der Waals surface area contributed by atoms with Gasteiger partial charge >= 0.3 is 6.03 Å². The molecule has 2 aromatic rings. The van der Waals surface area contributed by atoms with E-state index in [1.165, 1.54) is 18.3 Å². The summed E-state index contributed by atoms with van der Waals surface area (Å²) in [6.45, 7) is -0.335. The third-order valence-corrected chi connectivity index (χ3v) is 8.26. The number of hydrogen-bond acceptors (Lipinski definition) is 9. The second-order valence-electron chi connectivity index (χ2n) is 7.47. The normalized spacial score (nSPS) is 14.9. The number of anilines is 2. The van der Waals surface area contributed by atoms with Crippen LogP contribution < -0.4 is 15.4 Å². The van der Waals surface area contributed by atoms with Gasteiger partial charge < -0.3 is 5.32 Å². The van der Waals surface area contributed by atoms with Crippen molar-refractivity contribution in [3.05, 3.63) is 29.7 Å². The summed E-state index contributed by atoms with van der Waals surface area (Å²) in [5, 5.41) is 4.97. The minimum absolute atomic E-state index is 0.0217. The molecule has 1 saturated carbocycles. The van der Waals surface area contributed by atoms with Gasteiger partial charge in [0.1, 0.15) is 9.90 Å². The van der Waals surface area contributed by atoms with E-state index >= 15 is 0 Å². The van der Waals surface area contributed by atoms with Crippen LogP contribution in [0.1, 0.15) is 41.9 Å². The summed E-state index contributed by atoms with van der Waals surface area (Å²) in [6, 6.07) is 2.31. The van der Waals surface area contributed by atoms with Gasteiger partial charge in [0, 0.05) is 24.1 Å². The molecule has 2 amide bonds. The van der Waals surface area contributed by atoms with Crippen LogP contribution in [-0.4, -0.2) is 51.1 Å². The first-order valence-corrected chi connectivity index (χ1v) is 14.2. The summed E-state index contributed by atoms with van der Waals surface area (Å²) in [6.07, 6.45) is 7.03. The van der Waals surface area contributed by atoms with E-state index < -0.39 is 25.9 Å². The van der Waals surface area contributed by atoms with Crippen LogP contribution in [0.25, 0.3) is 0 Å². The minimum Gasteiger partial charge on any atom is -0.308 e. The standard InChI is InChI=1S/C18H23N5O6S3/c1-31(26,27)16-14(10-20-32(2,28)29)22-18(30-16)23-17(25)21-12-7-8-19-13(9-12)15(24)11-5-3-4-6-11/h7-9,11,20H,3-6,10H2,1-2H3,(H2,19,21,22,23,25). The molecule has 174 valence electrons. The van der Waals surface area contributed by atoms with Crippen LogP contribution in [0.5, 0.6) is 0 Å². The van der Waals surface area contributed by atoms with E-state index in [9.17, 15) is 26.4 Å². The molecule has 0 saturated heterocycles. The van der Waals surface area contributed by atoms with E-state index in [0.29, 0.717) is 17.0 Å². The number of amides is 2. The lowest BCUT2D eigenvalue weighted by Gasteiger charge is -2.09. The first kappa shape index (κ1) is 24.2. The predicted octanol–water partition coefficient (Wildman–Crippen LogP) is 2.01. The molecule has 0 radical (unpaired) electrons. The molecular weight excluding hydrogens is 478 g/mol. The number of thiazole rings is 1. The van der Waals surface area contributed by atoms with Crippen LogP contribution in [-0.2, 0) is 26.4 Å². The Balaban J connectivity index is 1.71. The molecule has 0 aliphatic heterocycles. The number of nitrogens with zero attached hydrogens (tertiary/aromatic N) is 2. The average Bonchev–Trinajstić information content (AvgIpc) is 3.35. The summed E-state index contributed by atoms with van der Waals surface area (Å²) in [5.41, 5.74) is 0.599. The molecule has 0 spiro atoms. The van der Waals surface area contributed by atoms with Crippen LogP contribution in [0.4, 0.5) is 15.6 Å². The lowest BCUT2D eigenvalue weighted by molar-refractivity contribution is 0.0917. The van der Waals surface area contributed by atoms with Crippen molar-refractivity contribution >= 4 is 53.8 Å². The van der Waals surface area contributed by atoms with Gasteiger partial charge in [-0.05, 0) is 25.0 Å².